The number of benzene rings is 3. The van der Waals surface area contributed by atoms with Crippen molar-refractivity contribution in [2.45, 2.75) is 4.90 Å². The Morgan fingerprint density at radius 2 is 1.45 bits per heavy atom. The molecule has 4 rings (SSSR count). The minimum absolute atomic E-state index is 0.997. The Bertz CT molecular complexity index is 902. The average Bonchev–Trinajstić information content (AvgIpc) is 2.87. The maximum atomic E-state index is 4.36. The monoisotopic (exact) mass is 292 g/mol. The lowest BCUT2D eigenvalue weighted by Gasteiger charge is -2.03. The quantitative estimate of drug-likeness (QED) is 0.408. The molecule has 0 N–H and O–H groups in total. The van der Waals surface area contributed by atoms with E-state index in [4.69, 9.17) is 0 Å². The molecule has 20 heavy (non-hydrogen) atoms. The molecule has 0 aliphatic carbocycles. The predicted molar refractivity (Wildman–Crippen MR) is 92.0 cm³/mol. The summed E-state index contributed by atoms with van der Waals surface area (Å²) in [5, 5.41) is 2.69. The molecule has 96 valence electrons. The maximum absolute atomic E-state index is 4.36. The van der Waals surface area contributed by atoms with Gasteiger partial charge in [0, 0.05) is 25.1 Å². The van der Waals surface area contributed by atoms with Gasteiger partial charge in [0.15, 0.2) is 0 Å². The fraction of sp³-hybridized carbons (Fsp3) is 0. The van der Waals surface area contributed by atoms with E-state index < -0.39 is 0 Å². The smallest absolute Gasteiger partial charge is 0.0433 e. The SMILES string of the molecule is Sc1ccc(-c2cccc3c2sc2ccccc23)cc1. The fourth-order valence-electron chi connectivity index (χ4n) is 2.62. The van der Waals surface area contributed by atoms with E-state index in [1.165, 1.54) is 31.3 Å². The lowest BCUT2D eigenvalue weighted by atomic mass is 10.0. The fourth-order valence-corrected chi connectivity index (χ4v) is 4.00. The molecule has 0 saturated carbocycles. The van der Waals surface area contributed by atoms with Crippen molar-refractivity contribution in [1.82, 2.24) is 0 Å². The van der Waals surface area contributed by atoms with Gasteiger partial charge < -0.3 is 0 Å². The molecule has 0 atom stereocenters. The molecule has 0 bridgehead atoms. The molecule has 3 aromatic carbocycles. The first-order chi connectivity index (χ1) is 9.83. The van der Waals surface area contributed by atoms with Crippen LogP contribution in [0.3, 0.4) is 0 Å². The molecule has 0 spiro atoms. The minimum Gasteiger partial charge on any atom is -0.143 e. The minimum atomic E-state index is 0.997. The number of rotatable bonds is 1. The first-order valence-electron chi connectivity index (χ1n) is 6.52. The van der Waals surface area contributed by atoms with Gasteiger partial charge >= 0.3 is 0 Å². The lowest BCUT2D eigenvalue weighted by Crippen LogP contribution is -1.77. The first-order valence-corrected chi connectivity index (χ1v) is 7.79. The second kappa shape index (κ2) is 4.65. The van der Waals surface area contributed by atoms with Crippen LogP contribution in [0.1, 0.15) is 0 Å². The van der Waals surface area contributed by atoms with Crippen LogP contribution in [0.4, 0.5) is 0 Å². The zero-order chi connectivity index (χ0) is 13.5. The number of hydrogen-bond donors (Lipinski definition) is 1. The van der Waals surface area contributed by atoms with Gasteiger partial charge in [0.05, 0.1) is 0 Å². The van der Waals surface area contributed by atoms with Crippen LogP contribution in [0, 0.1) is 0 Å². The molecule has 0 saturated heterocycles. The van der Waals surface area contributed by atoms with E-state index in [2.05, 4.69) is 67.2 Å². The highest BCUT2D eigenvalue weighted by Gasteiger charge is 2.09. The van der Waals surface area contributed by atoms with Crippen LogP contribution in [-0.4, -0.2) is 0 Å². The van der Waals surface area contributed by atoms with Crippen LogP contribution in [0.5, 0.6) is 0 Å². The highest BCUT2D eigenvalue weighted by atomic mass is 32.1. The lowest BCUT2D eigenvalue weighted by molar-refractivity contribution is 1.48. The van der Waals surface area contributed by atoms with Crippen molar-refractivity contribution in [2.75, 3.05) is 0 Å². The van der Waals surface area contributed by atoms with E-state index in [1.807, 2.05) is 23.5 Å². The number of fused-ring (bicyclic) bond motifs is 3. The summed E-state index contributed by atoms with van der Waals surface area (Å²) >= 11 is 6.23. The van der Waals surface area contributed by atoms with Crippen molar-refractivity contribution in [3.05, 3.63) is 66.7 Å². The van der Waals surface area contributed by atoms with E-state index in [9.17, 15) is 0 Å². The number of hydrogen-bond acceptors (Lipinski definition) is 2. The normalized spacial score (nSPS) is 11.2. The molecule has 0 aliphatic heterocycles. The molecule has 1 heterocycles. The van der Waals surface area contributed by atoms with Crippen LogP contribution in [0.15, 0.2) is 71.6 Å². The molecular weight excluding hydrogens is 280 g/mol. The third kappa shape index (κ3) is 1.84. The molecule has 4 aromatic rings. The highest BCUT2D eigenvalue weighted by molar-refractivity contribution is 7.80. The van der Waals surface area contributed by atoms with Crippen molar-refractivity contribution in [3.63, 3.8) is 0 Å². The van der Waals surface area contributed by atoms with Gasteiger partial charge in [0.2, 0.25) is 0 Å². The van der Waals surface area contributed by atoms with Gasteiger partial charge in [-0.1, -0.05) is 48.5 Å². The zero-order valence-corrected chi connectivity index (χ0v) is 12.4. The number of thiophene rings is 1. The van der Waals surface area contributed by atoms with Gasteiger partial charge in [0.1, 0.15) is 0 Å². The second-order valence-corrected chi connectivity index (χ2v) is 6.40. The second-order valence-electron chi connectivity index (χ2n) is 4.83. The van der Waals surface area contributed by atoms with Gasteiger partial charge in [-0.25, -0.2) is 0 Å². The average molecular weight is 292 g/mol. The largest absolute Gasteiger partial charge is 0.143 e. The Hall–Kier alpha value is -1.77. The summed E-state index contributed by atoms with van der Waals surface area (Å²) in [5.74, 6) is 0. The van der Waals surface area contributed by atoms with Crippen LogP contribution in [0.25, 0.3) is 31.3 Å². The van der Waals surface area contributed by atoms with Crippen LogP contribution in [-0.2, 0) is 0 Å². The topological polar surface area (TPSA) is 0 Å². The van der Waals surface area contributed by atoms with Crippen molar-refractivity contribution < 1.29 is 0 Å². The summed E-state index contributed by atoms with van der Waals surface area (Å²) in [6.45, 7) is 0. The van der Waals surface area contributed by atoms with Gasteiger partial charge in [-0.15, -0.1) is 24.0 Å². The van der Waals surface area contributed by atoms with Crippen LogP contribution in [0.2, 0.25) is 0 Å². The Balaban J connectivity index is 2.07. The van der Waals surface area contributed by atoms with E-state index in [0.717, 1.165) is 4.90 Å². The third-order valence-corrected chi connectivity index (χ3v) is 5.10. The molecule has 0 nitrogen and oxygen atoms in total. The molecule has 0 radical (unpaired) electrons. The maximum Gasteiger partial charge on any atom is 0.0433 e. The Morgan fingerprint density at radius 3 is 2.30 bits per heavy atom. The highest BCUT2D eigenvalue weighted by Crippen LogP contribution is 2.39. The predicted octanol–water partition coefficient (Wildman–Crippen LogP) is 6.01. The molecule has 1 aromatic heterocycles. The first kappa shape index (κ1) is 12.0. The van der Waals surface area contributed by atoms with Gasteiger partial charge in [-0.05, 0) is 29.3 Å². The molecule has 0 aliphatic rings. The summed E-state index contributed by atoms with van der Waals surface area (Å²) in [7, 11) is 0. The summed E-state index contributed by atoms with van der Waals surface area (Å²) in [4.78, 5) is 0.997. The molecule has 0 unspecified atom stereocenters. The molecule has 2 heteroatoms. The number of thiol groups is 1. The standard InChI is InChI=1S/C18H12S2/c19-13-10-8-12(9-11-13)14-5-3-6-16-15-4-1-2-7-17(15)20-18(14)16/h1-11,19H. The Morgan fingerprint density at radius 1 is 0.700 bits per heavy atom. The molecule has 0 amide bonds. The van der Waals surface area contributed by atoms with Crippen molar-refractivity contribution in [1.29, 1.82) is 0 Å². The van der Waals surface area contributed by atoms with Crippen molar-refractivity contribution in [3.8, 4) is 11.1 Å². The Kier molecular flexibility index (Phi) is 2.79. The van der Waals surface area contributed by atoms with E-state index in [-0.39, 0.29) is 0 Å². The van der Waals surface area contributed by atoms with E-state index in [1.54, 1.807) is 0 Å². The van der Waals surface area contributed by atoms with E-state index in [0.29, 0.717) is 0 Å². The van der Waals surface area contributed by atoms with Gasteiger partial charge in [0.25, 0.3) is 0 Å². The molecule has 0 fully saturated rings. The van der Waals surface area contributed by atoms with Crippen molar-refractivity contribution in [2.24, 2.45) is 0 Å². The Labute approximate surface area is 127 Å². The summed E-state index contributed by atoms with van der Waals surface area (Å²) in [5.41, 5.74) is 2.55. The van der Waals surface area contributed by atoms with Gasteiger partial charge in [-0.2, -0.15) is 0 Å². The molecular formula is C18H12S2. The summed E-state index contributed by atoms with van der Waals surface area (Å²) < 4.78 is 2.71. The zero-order valence-electron chi connectivity index (χ0n) is 10.7. The third-order valence-electron chi connectivity index (χ3n) is 3.58. The van der Waals surface area contributed by atoms with Crippen molar-refractivity contribution >= 4 is 44.1 Å². The van der Waals surface area contributed by atoms with Gasteiger partial charge in [-0.3, -0.25) is 0 Å². The summed E-state index contributed by atoms with van der Waals surface area (Å²) in [6.07, 6.45) is 0. The van der Waals surface area contributed by atoms with Crippen LogP contribution < -0.4 is 0 Å². The summed E-state index contributed by atoms with van der Waals surface area (Å²) in [6, 6.07) is 23.5. The van der Waals surface area contributed by atoms with Crippen LogP contribution >= 0.6 is 24.0 Å². The van der Waals surface area contributed by atoms with E-state index >= 15 is 0 Å².